The van der Waals surface area contributed by atoms with Crippen LogP contribution in [0.15, 0.2) is 21.6 Å². The van der Waals surface area contributed by atoms with E-state index in [4.69, 9.17) is 9.15 Å². The maximum atomic E-state index is 12.8. The zero-order chi connectivity index (χ0) is 20.1. The van der Waals surface area contributed by atoms with E-state index < -0.39 is 10.0 Å². The van der Waals surface area contributed by atoms with Gasteiger partial charge in [0.05, 0.1) is 12.7 Å². The number of hydrogen-bond donors (Lipinski definition) is 2. The number of furan rings is 1. The molecule has 2 N–H and O–H groups in total. The van der Waals surface area contributed by atoms with Crippen LogP contribution in [0.1, 0.15) is 31.5 Å². The Balaban J connectivity index is 1.45. The van der Waals surface area contributed by atoms with Gasteiger partial charge in [0.2, 0.25) is 5.09 Å². The van der Waals surface area contributed by atoms with Gasteiger partial charge >= 0.3 is 0 Å². The predicted octanol–water partition coefficient (Wildman–Crippen LogP) is 2.06. The lowest BCUT2D eigenvalue weighted by molar-refractivity contribution is -0.0683. The molecule has 2 aromatic heterocycles. The van der Waals surface area contributed by atoms with Crippen molar-refractivity contribution in [2.24, 2.45) is 5.92 Å². The molecule has 0 saturated carbocycles. The molecule has 8 nitrogen and oxygen atoms in total. The summed E-state index contributed by atoms with van der Waals surface area (Å²) in [6.45, 7) is 10.3. The predicted molar refractivity (Wildman–Crippen MR) is 104 cm³/mol. The Kier molecular flexibility index (Phi) is 5.11. The van der Waals surface area contributed by atoms with E-state index in [1.165, 1.54) is 6.07 Å². The smallest absolute Gasteiger partial charge is 0.274 e. The number of hydrogen-bond acceptors (Lipinski definition) is 6. The molecule has 154 valence electrons. The summed E-state index contributed by atoms with van der Waals surface area (Å²) in [6, 6.07) is 3.26. The van der Waals surface area contributed by atoms with E-state index in [0.717, 1.165) is 24.2 Å². The minimum Gasteiger partial charge on any atom is -0.442 e. The molecule has 28 heavy (non-hydrogen) atoms. The second kappa shape index (κ2) is 7.29. The Morgan fingerprint density at radius 3 is 2.75 bits per heavy atom. The molecule has 0 unspecified atom stereocenters. The first-order chi connectivity index (χ1) is 13.2. The van der Waals surface area contributed by atoms with E-state index in [1.54, 1.807) is 6.07 Å². The monoisotopic (exact) mass is 408 g/mol. The van der Waals surface area contributed by atoms with Crippen LogP contribution in [0.25, 0.3) is 11.5 Å². The Bertz CT molecular complexity index is 949. The second-order valence-corrected chi connectivity index (χ2v) is 9.86. The standard InChI is InChI=1S/C19H28N4O4S/c1-11(2)17-9-23-8-14(7-15(23)10-26-17)22-28(24,25)18-6-5-16(27-18)19-12(3)13(4)20-21-19/h5-6,11,14-15,17,22H,7-10H2,1-4H3,(H,20,21)/t14-,15-,17+/m0/s1. The third kappa shape index (κ3) is 3.63. The third-order valence-electron chi connectivity index (χ3n) is 5.84. The summed E-state index contributed by atoms with van der Waals surface area (Å²) in [6.07, 6.45) is 0.953. The fourth-order valence-electron chi connectivity index (χ4n) is 3.98. The largest absolute Gasteiger partial charge is 0.442 e. The van der Waals surface area contributed by atoms with Crippen LogP contribution in [0.5, 0.6) is 0 Å². The number of sulfonamides is 1. The Morgan fingerprint density at radius 1 is 1.29 bits per heavy atom. The van der Waals surface area contributed by atoms with E-state index in [0.29, 0.717) is 30.5 Å². The van der Waals surface area contributed by atoms with E-state index >= 15 is 0 Å². The van der Waals surface area contributed by atoms with Gasteiger partial charge in [0, 0.05) is 36.4 Å². The fraction of sp³-hybridized carbons (Fsp3) is 0.632. The summed E-state index contributed by atoms with van der Waals surface area (Å²) in [5, 5.41) is 7.01. The lowest BCUT2D eigenvalue weighted by atomic mass is 10.0. The van der Waals surface area contributed by atoms with Gasteiger partial charge in [-0.2, -0.15) is 5.10 Å². The van der Waals surface area contributed by atoms with Crippen LogP contribution < -0.4 is 4.72 Å². The van der Waals surface area contributed by atoms with Crippen molar-refractivity contribution in [3.05, 3.63) is 23.4 Å². The first-order valence-electron chi connectivity index (χ1n) is 9.74. The summed E-state index contributed by atoms with van der Waals surface area (Å²) in [7, 11) is -3.73. The number of fused-ring (bicyclic) bond motifs is 1. The number of nitrogens with one attached hydrogen (secondary N) is 2. The minimum atomic E-state index is -3.73. The number of ether oxygens (including phenoxy) is 1. The first kappa shape index (κ1) is 19.6. The lowest BCUT2D eigenvalue weighted by Gasteiger charge is -2.36. The fourth-order valence-corrected chi connectivity index (χ4v) is 5.16. The molecule has 0 bridgehead atoms. The van der Waals surface area contributed by atoms with Crippen LogP contribution in [-0.4, -0.2) is 61.4 Å². The Morgan fingerprint density at radius 2 is 2.07 bits per heavy atom. The van der Waals surface area contributed by atoms with Gasteiger partial charge in [-0.3, -0.25) is 10.00 Å². The number of aryl methyl sites for hydroxylation is 1. The molecule has 4 rings (SSSR count). The summed E-state index contributed by atoms with van der Waals surface area (Å²) in [4.78, 5) is 2.34. The average molecular weight is 409 g/mol. The topological polar surface area (TPSA) is 100 Å². The quantitative estimate of drug-likeness (QED) is 0.785. The lowest BCUT2D eigenvalue weighted by Crippen LogP contribution is -2.48. The van der Waals surface area contributed by atoms with Crippen LogP contribution in [-0.2, 0) is 14.8 Å². The first-order valence-corrected chi connectivity index (χ1v) is 11.2. The Hall–Kier alpha value is -1.68. The van der Waals surface area contributed by atoms with Gasteiger partial charge in [-0.05, 0) is 38.3 Å². The molecule has 9 heteroatoms. The zero-order valence-electron chi connectivity index (χ0n) is 16.7. The van der Waals surface area contributed by atoms with Crippen LogP contribution in [0.2, 0.25) is 0 Å². The number of aromatic amines is 1. The Labute approximate surface area is 165 Å². The third-order valence-corrected chi connectivity index (χ3v) is 7.24. The van der Waals surface area contributed by atoms with Crippen molar-refractivity contribution in [1.82, 2.24) is 19.8 Å². The van der Waals surface area contributed by atoms with Crippen LogP contribution >= 0.6 is 0 Å². The molecule has 2 saturated heterocycles. The number of nitrogens with zero attached hydrogens (tertiary/aromatic N) is 2. The van der Waals surface area contributed by atoms with Crippen molar-refractivity contribution in [2.75, 3.05) is 19.7 Å². The van der Waals surface area contributed by atoms with Gasteiger partial charge in [-0.1, -0.05) is 13.8 Å². The summed E-state index contributed by atoms with van der Waals surface area (Å²) in [5.41, 5.74) is 2.51. The van der Waals surface area contributed by atoms with E-state index in [1.807, 2.05) is 13.8 Å². The van der Waals surface area contributed by atoms with Gasteiger partial charge in [0.1, 0.15) is 5.69 Å². The molecule has 2 aliphatic rings. The molecular weight excluding hydrogens is 380 g/mol. The molecule has 0 radical (unpaired) electrons. The van der Waals surface area contributed by atoms with Gasteiger partial charge in [-0.25, -0.2) is 13.1 Å². The number of aromatic nitrogens is 2. The summed E-state index contributed by atoms with van der Waals surface area (Å²) in [5.74, 6) is 0.895. The second-order valence-electron chi connectivity index (χ2n) is 8.22. The van der Waals surface area contributed by atoms with Crippen LogP contribution in [0.4, 0.5) is 0 Å². The molecule has 4 heterocycles. The maximum absolute atomic E-state index is 12.8. The summed E-state index contributed by atoms with van der Waals surface area (Å²) >= 11 is 0. The summed E-state index contributed by atoms with van der Waals surface area (Å²) < 4.78 is 40.0. The van der Waals surface area contributed by atoms with Crippen molar-refractivity contribution in [1.29, 1.82) is 0 Å². The van der Waals surface area contributed by atoms with Gasteiger partial charge < -0.3 is 9.15 Å². The molecule has 0 aliphatic carbocycles. The van der Waals surface area contributed by atoms with E-state index in [9.17, 15) is 8.42 Å². The highest BCUT2D eigenvalue weighted by atomic mass is 32.2. The molecule has 0 spiro atoms. The van der Waals surface area contributed by atoms with E-state index in [-0.39, 0.29) is 23.3 Å². The highest BCUT2D eigenvalue weighted by Gasteiger charge is 2.40. The van der Waals surface area contributed by atoms with Crippen molar-refractivity contribution in [2.45, 2.75) is 57.4 Å². The van der Waals surface area contributed by atoms with Gasteiger partial charge in [0.25, 0.3) is 10.0 Å². The highest BCUT2D eigenvalue weighted by molar-refractivity contribution is 7.89. The zero-order valence-corrected chi connectivity index (χ0v) is 17.5. The number of rotatable bonds is 5. The van der Waals surface area contributed by atoms with Gasteiger partial charge in [-0.15, -0.1) is 0 Å². The van der Waals surface area contributed by atoms with Crippen LogP contribution in [0, 0.1) is 19.8 Å². The van der Waals surface area contributed by atoms with Crippen molar-refractivity contribution >= 4 is 10.0 Å². The molecule has 2 aromatic rings. The van der Waals surface area contributed by atoms with Crippen molar-refractivity contribution < 1.29 is 17.6 Å². The minimum absolute atomic E-state index is 0.0799. The molecule has 2 aliphatic heterocycles. The van der Waals surface area contributed by atoms with Crippen molar-refractivity contribution in [3.63, 3.8) is 0 Å². The SMILES string of the molecule is Cc1[nH]nc(-c2ccc(S(=O)(=O)N[C@H]3C[C@H]4CO[C@@H](C(C)C)CN4C3)o2)c1C. The number of H-pyrrole nitrogens is 1. The molecular formula is C19H28N4O4S. The molecule has 0 amide bonds. The normalized spacial score (nSPS) is 26.1. The van der Waals surface area contributed by atoms with Crippen LogP contribution in [0.3, 0.4) is 0 Å². The molecule has 2 fully saturated rings. The molecule has 3 atom stereocenters. The molecule has 0 aromatic carbocycles. The maximum Gasteiger partial charge on any atom is 0.274 e. The van der Waals surface area contributed by atoms with Gasteiger partial charge in [0.15, 0.2) is 5.76 Å². The number of morpholine rings is 1. The van der Waals surface area contributed by atoms with E-state index in [2.05, 4.69) is 33.7 Å². The highest BCUT2D eigenvalue weighted by Crippen LogP contribution is 2.29. The van der Waals surface area contributed by atoms with Crippen molar-refractivity contribution in [3.8, 4) is 11.5 Å². The average Bonchev–Trinajstić information content (AvgIpc) is 3.33.